The number of Topliss-reactive ketones (excluding diaryl/α,β-unsaturated/α-hetero) is 1. The van der Waals surface area contributed by atoms with Gasteiger partial charge in [-0.1, -0.05) is 44.2 Å². The molecular formula is C31H42N2O4. The standard InChI is InChI=1S/C31H42N2O4/c1-22-29-30(34)27-12-11-25(17-28(27)31(22,2)13-14-33(29)19-23-9-10-23)32-18-26(21-36-16-15-35-3)37-20-24-7-5-4-6-8-24/h4-8,11-12,17,22-23,26,29,32H,9-10,13-16,18-21H2,1-3H3/t22-,26?,29?,31+/m0/s1. The number of fused-ring (bicyclic) bond motifs is 4. The first kappa shape index (κ1) is 26.4. The summed E-state index contributed by atoms with van der Waals surface area (Å²) in [6.45, 7) is 9.50. The predicted molar refractivity (Wildman–Crippen MR) is 146 cm³/mol. The Morgan fingerprint density at radius 1 is 1.14 bits per heavy atom. The summed E-state index contributed by atoms with van der Waals surface area (Å²) in [6, 6.07) is 16.5. The fourth-order valence-electron chi connectivity index (χ4n) is 6.06. The van der Waals surface area contributed by atoms with Gasteiger partial charge in [0.25, 0.3) is 0 Å². The molecule has 5 rings (SSSR count). The van der Waals surface area contributed by atoms with Gasteiger partial charge in [-0.05, 0) is 72.4 Å². The molecule has 6 heteroatoms. The van der Waals surface area contributed by atoms with E-state index in [1.807, 2.05) is 24.3 Å². The third-order valence-electron chi connectivity index (χ3n) is 8.75. The smallest absolute Gasteiger partial charge is 0.180 e. The zero-order valence-corrected chi connectivity index (χ0v) is 22.6. The van der Waals surface area contributed by atoms with Gasteiger partial charge in [-0.3, -0.25) is 9.69 Å². The number of benzene rings is 2. The summed E-state index contributed by atoms with van der Waals surface area (Å²) >= 11 is 0. The Kier molecular flexibility index (Phi) is 8.30. The summed E-state index contributed by atoms with van der Waals surface area (Å²) in [6.07, 6.45) is 3.63. The molecule has 6 nitrogen and oxygen atoms in total. The van der Waals surface area contributed by atoms with E-state index in [9.17, 15) is 4.79 Å². The number of ether oxygens (including phenoxy) is 3. The van der Waals surface area contributed by atoms with Crippen LogP contribution in [0.4, 0.5) is 5.69 Å². The molecule has 0 aromatic heterocycles. The van der Waals surface area contributed by atoms with Gasteiger partial charge in [-0.2, -0.15) is 0 Å². The molecule has 2 aliphatic carbocycles. The van der Waals surface area contributed by atoms with Crippen molar-refractivity contribution in [3.05, 3.63) is 65.2 Å². The van der Waals surface area contributed by atoms with Crippen LogP contribution in [0.25, 0.3) is 0 Å². The molecule has 2 bridgehead atoms. The van der Waals surface area contributed by atoms with Crippen LogP contribution in [0, 0.1) is 11.8 Å². The van der Waals surface area contributed by atoms with E-state index in [1.54, 1.807) is 7.11 Å². The van der Waals surface area contributed by atoms with E-state index in [4.69, 9.17) is 14.2 Å². The number of carbonyl (C=O) groups is 1. The quantitative estimate of drug-likeness (QED) is 0.389. The second kappa shape index (κ2) is 11.6. The average Bonchev–Trinajstić information content (AvgIpc) is 3.73. The van der Waals surface area contributed by atoms with Crippen molar-refractivity contribution in [3.8, 4) is 0 Å². The highest BCUT2D eigenvalue weighted by Gasteiger charge is 2.52. The van der Waals surface area contributed by atoms with Crippen LogP contribution < -0.4 is 5.32 Å². The third-order valence-corrected chi connectivity index (χ3v) is 8.75. The van der Waals surface area contributed by atoms with Crippen molar-refractivity contribution in [3.63, 3.8) is 0 Å². The summed E-state index contributed by atoms with van der Waals surface area (Å²) in [5.74, 6) is 1.42. The molecule has 2 aromatic carbocycles. The van der Waals surface area contributed by atoms with Crippen LogP contribution >= 0.6 is 0 Å². The number of rotatable bonds is 13. The van der Waals surface area contributed by atoms with Gasteiger partial charge >= 0.3 is 0 Å². The van der Waals surface area contributed by atoms with Gasteiger partial charge < -0.3 is 19.5 Å². The maximum atomic E-state index is 13.7. The number of hydrogen-bond acceptors (Lipinski definition) is 6. The summed E-state index contributed by atoms with van der Waals surface area (Å²) in [5, 5.41) is 3.58. The zero-order valence-electron chi connectivity index (χ0n) is 22.6. The lowest BCUT2D eigenvalue weighted by Gasteiger charge is -2.53. The van der Waals surface area contributed by atoms with Gasteiger partial charge in [0.05, 0.1) is 38.6 Å². The molecule has 3 aliphatic rings. The van der Waals surface area contributed by atoms with Crippen molar-refractivity contribution in [1.29, 1.82) is 0 Å². The van der Waals surface area contributed by atoms with Gasteiger partial charge in [0, 0.05) is 31.5 Å². The maximum Gasteiger partial charge on any atom is 0.180 e. The van der Waals surface area contributed by atoms with Crippen LogP contribution in [-0.2, 0) is 26.2 Å². The van der Waals surface area contributed by atoms with E-state index in [0.29, 0.717) is 44.7 Å². The van der Waals surface area contributed by atoms with Crippen molar-refractivity contribution in [2.75, 3.05) is 51.9 Å². The normalized spacial score (nSPS) is 26.1. The van der Waals surface area contributed by atoms with Gasteiger partial charge in [-0.25, -0.2) is 0 Å². The van der Waals surface area contributed by atoms with Gasteiger partial charge in [-0.15, -0.1) is 0 Å². The number of likely N-dealkylation sites (tertiary alicyclic amines) is 1. The first-order valence-electron chi connectivity index (χ1n) is 13.9. The minimum Gasteiger partial charge on any atom is -0.382 e. The molecule has 4 atom stereocenters. The molecule has 1 N–H and O–H groups in total. The molecule has 2 aromatic rings. The van der Waals surface area contributed by atoms with Crippen LogP contribution in [-0.4, -0.2) is 69.4 Å². The largest absolute Gasteiger partial charge is 0.382 e. The Morgan fingerprint density at radius 2 is 1.95 bits per heavy atom. The molecule has 1 saturated carbocycles. The highest BCUT2D eigenvalue weighted by Crippen LogP contribution is 2.49. The monoisotopic (exact) mass is 506 g/mol. The van der Waals surface area contributed by atoms with Gasteiger partial charge in [0.1, 0.15) is 0 Å². The van der Waals surface area contributed by atoms with Crippen molar-refractivity contribution >= 4 is 11.5 Å². The van der Waals surface area contributed by atoms with E-state index in [1.165, 1.54) is 18.4 Å². The van der Waals surface area contributed by atoms with Gasteiger partial charge in [0.15, 0.2) is 5.78 Å². The number of anilines is 1. The topological polar surface area (TPSA) is 60.0 Å². The molecule has 200 valence electrons. The van der Waals surface area contributed by atoms with E-state index >= 15 is 0 Å². The van der Waals surface area contributed by atoms with Crippen molar-refractivity contribution in [2.45, 2.75) is 57.3 Å². The molecule has 0 amide bonds. The number of nitrogens with zero attached hydrogens (tertiary/aromatic N) is 1. The Hall–Kier alpha value is -2.25. The molecule has 2 unspecified atom stereocenters. The molecule has 1 saturated heterocycles. The molecule has 1 aliphatic heterocycles. The Morgan fingerprint density at radius 3 is 2.70 bits per heavy atom. The SMILES string of the molecule is COCCOCC(CNc1ccc2c(c1)[C@]1(C)CCN(CC3CC3)C(C2=O)[C@@H]1C)OCc1ccccc1. The zero-order chi connectivity index (χ0) is 25.8. The average molecular weight is 507 g/mol. The molecule has 2 fully saturated rings. The summed E-state index contributed by atoms with van der Waals surface area (Å²) in [5.41, 5.74) is 4.30. The molecule has 1 heterocycles. The second-order valence-electron chi connectivity index (χ2n) is 11.3. The van der Waals surface area contributed by atoms with Crippen molar-refractivity contribution in [2.24, 2.45) is 11.8 Å². The lowest BCUT2D eigenvalue weighted by Crippen LogP contribution is -2.61. The number of methoxy groups -OCH3 is 1. The second-order valence-corrected chi connectivity index (χ2v) is 11.3. The lowest BCUT2D eigenvalue weighted by molar-refractivity contribution is -0.0278. The van der Waals surface area contributed by atoms with Crippen molar-refractivity contribution < 1.29 is 19.0 Å². The van der Waals surface area contributed by atoms with Crippen LogP contribution in [0.3, 0.4) is 0 Å². The van der Waals surface area contributed by atoms with E-state index < -0.39 is 0 Å². The first-order chi connectivity index (χ1) is 18.0. The Bertz CT molecular complexity index is 1060. The summed E-state index contributed by atoms with van der Waals surface area (Å²) in [4.78, 5) is 16.1. The number of piperidine rings is 1. The van der Waals surface area contributed by atoms with E-state index in [2.05, 4.69) is 48.3 Å². The number of carbonyl (C=O) groups excluding carboxylic acids is 1. The highest BCUT2D eigenvalue weighted by atomic mass is 16.5. The Labute approximate surface area is 221 Å². The molecule has 0 radical (unpaired) electrons. The third kappa shape index (κ3) is 5.93. The molecule has 0 spiro atoms. The van der Waals surface area contributed by atoms with Crippen LogP contribution in [0.15, 0.2) is 48.5 Å². The number of nitrogens with one attached hydrogen (secondary N) is 1. The summed E-state index contributed by atoms with van der Waals surface area (Å²) in [7, 11) is 1.68. The summed E-state index contributed by atoms with van der Waals surface area (Å²) < 4.78 is 17.1. The minimum absolute atomic E-state index is 0.0120. The Balaban J connectivity index is 1.27. The van der Waals surface area contributed by atoms with Crippen molar-refractivity contribution in [1.82, 2.24) is 4.90 Å². The van der Waals surface area contributed by atoms with Crippen LogP contribution in [0.5, 0.6) is 0 Å². The molecule has 37 heavy (non-hydrogen) atoms. The lowest BCUT2D eigenvalue weighted by atomic mass is 9.58. The highest BCUT2D eigenvalue weighted by molar-refractivity contribution is 6.04. The number of ketones is 1. The fourth-order valence-corrected chi connectivity index (χ4v) is 6.06. The van der Waals surface area contributed by atoms with Gasteiger partial charge in [0.2, 0.25) is 0 Å². The predicted octanol–water partition coefficient (Wildman–Crippen LogP) is 4.92. The molecular weight excluding hydrogens is 464 g/mol. The fraction of sp³-hybridized carbons (Fsp3) is 0.581. The maximum absolute atomic E-state index is 13.7. The van der Waals surface area contributed by atoms with E-state index in [0.717, 1.165) is 42.2 Å². The minimum atomic E-state index is -0.112. The van der Waals surface area contributed by atoms with Crippen LogP contribution in [0.1, 0.15) is 54.6 Å². The van der Waals surface area contributed by atoms with E-state index in [-0.39, 0.29) is 17.6 Å². The first-order valence-corrected chi connectivity index (χ1v) is 13.9. The number of hydrogen-bond donors (Lipinski definition) is 1. The van der Waals surface area contributed by atoms with Crippen LogP contribution in [0.2, 0.25) is 0 Å².